The summed E-state index contributed by atoms with van der Waals surface area (Å²) < 4.78 is 15.5. The minimum Gasteiger partial charge on any atom is -0.384 e. The Balaban J connectivity index is 1.64. The molecule has 2 atom stereocenters. The van der Waals surface area contributed by atoms with E-state index in [1.54, 1.807) is 25.3 Å². The average Bonchev–Trinajstić information content (AvgIpc) is 3.01. The smallest absolute Gasteiger partial charge is 0.140 e. The van der Waals surface area contributed by atoms with Crippen LogP contribution in [-0.4, -0.2) is 32.6 Å². The fraction of sp³-hybridized carbons (Fsp3) is 0.435. The van der Waals surface area contributed by atoms with E-state index in [1.807, 2.05) is 6.07 Å². The fourth-order valence-corrected chi connectivity index (χ4v) is 5.29. The number of aromatic nitrogens is 2. The molecule has 5 rings (SSSR count). The van der Waals surface area contributed by atoms with E-state index in [4.69, 9.17) is 11.6 Å². The average molecular weight is 414 g/mol. The highest BCUT2D eigenvalue weighted by Gasteiger charge is 2.36. The molecule has 152 valence electrons. The zero-order chi connectivity index (χ0) is 20.2. The first-order chi connectivity index (χ1) is 13.9. The SMILES string of the molecule is CC(O)(Cn1c2c(c3cc(Cl)cnc31)C1CCCCN1CC2)c1ccc(F)cc1. The van der Waals surface area contributed by atoms with Gasteiger partial charge in [-0.05, 0) is 55.6 Å². The number of halogens is 2. The van der Waals surface area contributed by atoms with E-state index in [-0.39, 0.29) is 5.82 Å². The molecule has 1 saturated heterocycles. The quantitative estimate of drug-likeness (QED) is 0.669. The topological polar surface area (TPSA) is 41.3 Å². The molecule has 4 nitrogen and oxygen atoms in total. The number of fused-ring (bicyclic) bond motifs is 5. The molecule has 2 aromatic heterocycles. The lowest BCUT2D eigenvalue weighted by Gasteiger charge is -2.40. The molecule has 4 heterocycles. The Morgan fingerprint density at radius 1 is 1.24 bits per heavy atom. The Hall–Kier alpha value is -1.95. The van der Waals surface area contributed by atoms with Crippen molar-refractivity contribution in [1.82, 2.24) is 14.5 Å². The highest BCUT2D eigenvalue weighted by molar-refractivity contribution is 6.31. The maximum Gasteiger partial charge on any atom is 0.140 e. The molecule has 0 aliphatic carbocycles. The van der Waals surface area contributed by atoms with Crippen LogP contribution in [0.4, 0.5) is 4.39 Å². The van der Waals surface area contributed by atoms with E-state index in [9.17, 15) is 9.50 Å². The number of rotatable bonds is 3. The third-order valence-electron chi connectivity index (χ3n) is 6.53. The summed E-state index contributed by atoms with van der Waals surface area (Å²) in [5, 5.41) is 13.0. The van der Waals surface area contributed by atoms with Crippen LogP contribution < -0.4 is 0 Å². The third kappa shape index (κ3) is 3.25. The van der Waals surface area contributed by atoms with Gasteiger partial charge in [-0.25, -0.2) is 9.37 Å². The van der Waals surface area contributed by atoms with Crippen LogP contribution >= 0.6 is 11.6 Å². The highest BCUT2D eigenvalue weighted by atomic mass is 35.5. The summed E-state index contributed by atoms with van der Waals surface area (Å²) in [4.78, 5) is 7.23. The predicted molar refractivity (Wildman–Crippen MR) is 113 cm³/mol. The lowest BCUT2D eigenvalue weighted by atomic mass is 9.89. The lowest BCUT2D eigenvalue weighted by Crippen LogP contribution is -2.39. The van der Waals surface area contributed by atoms with Crippen molar-refractivity contribution >= 4 is 22.6 Å². The molecule has 1 N–H and O–H groups in total. The Morgan fingerprint density at radius 3 is 2.83 bits per heavy atom. The molecule has 1 fully saturated rings. The van der Waals surface area contributed by atoms with Crippen LogP contribution in [0.15, 0.2) is 36.5 Å². The van der Waals surface area contributed by atoms with Crippen LogP contribution in [0.5, 0.6) is 0 Å². The normalized spacial score (nSPS) is 21.6. The van der Waals surface area contributed by atoms with Gasteiger partial charge in [-0.2, -0.15) is 0 Å². The largest absolute Gasteiger partial charge is 0.384 e. The van der Waals surface area contributed by atoms with Gasteiger partial charge in [-0.1, -0.05) is 30.2 Å². The number of piperidine rings is 1. The molecule has 0 spiro atoms. The third-order valence-corrected chi connectivity index (χ3v) is 6.74. The van der Waals surface area contributed by atoms with Gasteiger partial charge in [0.1, 0.15) is 17.1 Å². The maximum atomic E-state index is 13.4. The first-order valence-corrected chi connectivity index (χ1v) is 10.7. The number of hydrogen-bond donors (Lipinski definition) is 1. The molecule has 0 amide bonds. The van der Waals surface area contributed by atoms with Crippen LogP contribution in [0.25, 0.3) is 11.0 Å². The second kappa shape index (κ2) is 7.08. The van der Waals surface area contributed by atoms with Gasteiger partial charge >= 0.3 is 0 Å². The molecular formula is C23H25ClFN3O. The number of hydrogen-bond acceptors (Lipinski definition) is 3. The van der Waals surface area contributed by atoms with E-state index >= 15 is 0 Å². The number of nitrogens with zero attached hydrogens (tertiary/aromatic N) is 3. The molecule has 0 radical (unpaired) electrons. The summed E-state index contributed by atoms with van der Waals surface area (Å²) in [5.74, 6) is -0.304. The molecule has 3 aromatic rings. The van der Waals surface area contributed by atoms with Crippen molar-refractivity contribution in [1.29, 1.82) is 0 Å². The summed E-state index contributed by atoms with van der Waals surface area (Å²) in [5.41, 5.74) is 3.00. The molecule has 1 aromatic carbocycles. The number of benzene rings is 1. The molecule has 2 aliphatic rings. The summed E-state index contributed by atoms with van der Waals surface area (Å²) in [7, 11) is 0. The van der Waals surface area contributed by atoms with Gasteiger partial charge in [0.15, 0.2) is 0 Å². The van der Waals surface area contributed by atoms with E-state index in [0.29, 0.717) is 23.2 Å². The molecule has 6 heteroatoms. The van der Waals surface area contributed by atoms with Crippen LogP contribution in [0, 0.1) is 5.82 Å². The Bertz CT molecular complexity index is 1060. The first-order valence-electron chi connectivity index (χ1n) is 10.3. The van der Waals surface area contributed by atoms with Gasteiger partial charge in [0, 0.05) is 36.3 Å². The van der Waals surface area contributed by atoms with Crippen LogP contribution in [0.3, 0.4) is 0 Å². The minimum atomic E-state index is -1.14. The van der Waals surface area contributed by atoms with Gasteiger partial charge in [-0.15, -0.1) is 0 Å². The van der Waals surface area contributed by atoms with Crippen molar-refractivity contribution in [2.45, 2.75) is 50.8 Å². The molecular weight excluding hydrogens is 389 g/mol. The fourth-order valence-electron chi connectivity index (χ4n) is 5.13. The van der Waals surface area contributed by atoms with E-state index in [2.05, 4.69) is 14.5 Å². The second-order valence-corrected chi connectivity index (χ2v) is 8.99. The van der Waals surface area contributed by atoms with Gasteiger partial charge < -0.3 is 9.67 Å². The van der Waals surface area contributed by atoms with Crippen LogP contribution in [-0.2, 0) is 18.6 Å². The van der Waals surface area contributed by atoms with Crippen molar-refractivity contribution in [2.75, 3.05) is 13.1 Å². The Labute approximate surface area is 174 Å². The zero-order valence-electron chi connectivity index (χ0n) is 16.5. The maximum absolute atomic E-state index is 13.4. The molecule has 0 bridgehead atoms. The lowest BCUT2D eigenvalue weighted by molar-refractivity contribution is 0.0377. The van der Waals surface area contributed by atoms with Gasteiger partial charge in [0.05, 0.1) is 11.6 Å². The van der Waals surface area contributed by atoms with Gasteiger partial charge in [0.25, 0.3) is 0 Å². The Morgan fingerprint density at radius 2 is 2.03 bits per heavy atom. The number of pyridine rings is 1. The van der Waals surface area contributed by atoms with E-state index in [1.165, 1.54) is 36.2 Å². The predicted octanol–water partition coefficient (Wildman–Crippen LogP) is 4.82. The van der Waals surface area contributed by atoms with E-state index < -0.39 is 5.60 Å². The first kappa shape index (κ1) is 19.0. The second-order valence-electron chi connectivity index (χ2n) is 8.55. The highest BCUT2D eigenvalue weighted by Crippen LogP contribution is 2.43. The minimum absolute atomic E-state index is 0.304. The van der Waals surface area contributed by atoms with E-state index in [0.717, 1.165) is 37.0 Å². The molecule has 0 saturated carbocycles. The summed E-state index contributed by atoms with van der Waals surface area (Å²) >= 11 is 6.32. The Kier molecular flexibility index (Phi) is 4.65. The number of aliphatic hydroxyl groups is 1. The molecule has 2 aliphatic heterocycles. The van der Waals surface area contributed by atoms with Gasteiger partial charge in [-0.3, -0.25) is 4.90 Å². The van der Waals surface area contributed by atoms with Crippen LogP contribution in [0.1, 0.15) is 49.0 Å². The van der Waals surface area contributed by atoms with Crippen molar-refractivity contribution in [3.8, 4) is 0 Å². The van der Waals surface area contributed by atoms with Crippen molar-refractivity contribution in [2.24, 2.45) is 0 Å². The van der Waals surface area contributed by atoms with Crippen LogP contribution in [0.2, 0.25) is 5.02 Å². The monoisotopic (exact) mass is 413 g/mol. The summed E-state index contributed by atoms with van der Waals surface area (Å²) in [6.07, 6.45) is 6.24. The molecule has 29 heavy (non-hydrogen) atoms. The summed E-state index contributed by atoms with van der Waals surface area (Å²) in [6, 6.07) is 8.51. The standard InChI is InChI=1S/C23H25ClFN3O/c1-23(29,15-5-7-17(25)8-6-15)14-28-20-9-11-27-10-3-2-4-19(27)21(20)18-12-16(24)13-26-22(18)28/h5-8,12-13,19,29H,2-4,9-11,14H2,1H3. The molecule has 2 unspecified atom stereocenters. The summed E-state index contributed by atoms with van der Waals surface area (Å²) in [6.45, 7) is 4.31. The van der Waals surface area contributed by atoms with Crippen molar-refractivity contribution < 1.29 is 9.50 Å². The van der Waals surface area contributed by atoms with Gasteiger partial charge in [0.2, 0.25) is 0 Å². The van der Waals surface area contributed by atoms with Crippen molar-refractivity contribution in [3.05, 3.63) is 64.2 Å². The van der Waals surface area contributed by atoms with Crippen molar-refractivity contribution in [3.63, 3.8) is 0 Å². The zero-order valence-corrected chi connectivity index (χ0v) is 17.3.